The number of aliphatic hydroxyl groups is 1. The molecule has 1 aromatic carbocycles. The van der Waals surface area contributed by atoms with Crippen molar-refractivity contribution < 1.29 is 9.53 Å². The van der Waals surface area contributed by atoms with E-state index in [1.807, 2.05) is 24.3 Å². The Morgan fingerprint density at radius 3 is 2.28 bits per heavy atom. The first kappa shape index (κ1) is 15.7. The van der Waals surface area contributed by atoms with Gasteiger partial charge in [0.2, 0.25) is 0 Å². The second-order valence-corrected chi connectivity index (χ2v) is 11.2. The van der Waals surface area contributed by atoms with Gasteiger partial charge in [0, 0.05) is 10.6 Å². The Hall–Kier alpha value is -0.353. The summed E-state index contributed by atoms with van der Waals surface area (Å²) in [7, 11) is -1.91. The number of hydrogen-bond donors (Lipinski definition) is 1. The normalized spacial score (nSPS) is 14.6. The van der Waals surface area contributed by atoms with Gasteiger partial charge in [-0.05, 0) is 24.2 Å². The molecule has 4 heteroatoms. The molecular weight excluding hydrogens is 264 g/mol. The van der Waals surface area contributed by atoms with Crippen molar-refractivity contribution in [3.05, 3.63) is 34.9 Å². The molecule has 0 aliphatic heterocycles. The van der Waals surface area contributed by atoms with Gasteiger partial charge in [-0.1, -0.05) is 50.6 Å². The molecule has 1 rings (SSSR count). The molecule has 1 N–H and O–H groups in total. The molecule has 0 aromatic heterocycles. The summed E-state index contributed by atoms with van der Waals surface area (Å²) in [4.78, 5) is 0. The fourth-order valence-corrected chi connectivity index (χ4v) is 2.99. The highest BCUT2D eigenvalue weighted by Gasteiger charge is 2.39. The van der Waals surface area contributed by atoms with Gasteiger partial charge < -0.3 is 9.53 Å². The highest BCUT2D eigenvalue weighted by molar-refractivity contribution is 6.74. The van der Waals surface area contributed by atoms with E-state index < -0.39 is 8.32 Å². The minimum Gasteiger partial charge on any atom is -0.408 e. The second-order valence-electron chi connectivity index (χ2n) is 6.07. The molecule has 0 amide bonds. The highest BCUT2D eigenvalue weighted by atomic mass is 35.5. The first-order chi connectivity index (χ1) is 8.19. The molecule has 0 saturated heterocycles. The van der Waals surface area contributed by atoms with Crippen LogP contribution in [0.3, 0.4) is 0 Å². The Balaban J connectivity index is 2.97. The van der Waals surface area contributed by atoms with Crippen molar-refractivity contribution in [1.82, 2.24) is 0 Å². The molecule has 0 fully saturated rings. The predicted molar refractivity (Wildman–Crippen MR) is 79.6 cm³/mol. The summed E-state index contributed by atoms with van der Waals surface area (Å²) < 4.78 is 6.22. The maximum Gasteiger partial charge on any atom is 0.193 e. The standard InChI is InChI=1S/C14H23ClO2Si/c1-14(2,3)18(4,5)17-13(10-16)11-8-6-7-9-12(11)15/h6-9,13,16H,10H2,1-5H3/t13-/m0/s1. The zero-order valence-corrected chi connectivity index (χ0v) is 13.6. The minimum absolute atomic E-state index is 0.0454. The van der Waals surface area contributed by atoms with E-state index in [0.717, 1.165) is 5.56 Å². The van der Waals surface area contributed by atoms with Crippen LogP contribution >= 0.6 is 11.6 Å². The number of rotatable bonds is 4. The van der Waals surface area contributed by atoms with Gasteiger partial charge in [0.25, 0.3) is 0 Å². The summed E-state index contributed by atoms with van der Waals surface area (Å²) in [5, 5.41) is 10.3. The van der Waals surface area contributed by atoms with Crippen LogP contribution in [0.15, 0.2) is 24.3 Å². The van der Waals surface area contributed by atoms with E-state index in [1.54, 1.807) is 0 Å². The Bertz CT molecular complexity index is 399. The smallest absolute Gasteiger partial charge is 0.193 e. The topological polar surface area (TPSA) is 29.5 Å². The van der Waals surface area contributed by atoms with Crippen LogP contribution in [-0.4, -0.2) is 20.0 Å². The molecule has 0 bridgehead atoms. The van der Waals surface area contributed by atoms with Gasteiger partial charge in [-0.3, -0.25) is 0 Å². The van der Waals surface area contributed by atoms with Gasteiger partial charge in [0.1, 0.15) is 0 Å². The van der Waals surface area contributed by atoms with Crippen molar-refractivity contribution >= 4 is 19.9 Å². The maximum atomic E-state index is 9.57. The van der Waals surface area contributed by atoms with Crippen LogP contribution in [0.5, 0.6) is 0 Å². The molecule has 1 atom stereocenters. The van der Waals surface area contributed by atoms with E-state index in [1.165, 1.54) is 0 Å². The molecule has 0 saturated carbocycles. The zero-order valence-electron chi connectivity index (χ0n) is 11.8. The molecule has 0 radical (unpaired) electrons. The van der Waals surface area contributed by atoms with Crippen molar-refractivity contribution in [2.75, 3.05) is 6.61 Å². The minimum atomic E-state index is -1.91. The lowest BCUT2D eigenvalue weighted by Crippen LogP contribution is -2.42. The van der Waals surface area contributed by atoms with Gasteiger partial charge in [0.05, 0.1) is 12.7 Å². The van der Waals surface area contributed by atoms with Gasteiger partial charge in [-0.25, -0.2) is 0 Å². The van der Waals surface area contributed by atoms with E-state index in [4.69, 9.17) is 16.0 Å². The molecule has 0 spiro atoms. The highest BCUT2D eigenvalue weighted by Crippen LogP contribution is 2.40. The molecule has 18 heavy (non-hydrogen) atoms. The van der Waals surface area contributed by atoms with Crippen LogP contribution in [0.25, 0.3) is 0 Å². The second kappa shape index (κ2) is 5.74. The first-order valence-electron chi connectivity index (χ1n) is 6.22. The summed E-state index contributed by atoms with van der Waals surface area (Å²) in [5.41, 5.74) is 0.867. The molecule has 1 aromatic rings. The summed E-state index contributed by atoms with van der Waals surface area (Å²) in [5.74, 6) is 0. The molecule has 0 heterocycles. The Kier molecular flexibility index (Phi) is 5.01. The van der Waals surface area contributed by atoms with E-state index >= 15 is 0 Å². The average Bonchev–Trinajstić information content (AvgIpc) is 2.25. The SMILES string of the molecule is CC(C)(C)[Si](C)(C)O[C@@H](CO)c1ccccc1Cl. The summed E-state index contributed by atoms with van der Waals surface area (Å²) in [6.45, 7) is 10.8. The van der Waals surface area contributed by atoms with Crippen molar-refractivity contribution in [3.63, 3.8) is 0 Å². The molecular formula is C14H23ClO2Si. The van der Waals surface area contributed by atoms with Crippen molar-refractivity contribution in [2.45, 2.75) is 45.0 Å². The number of hydrogen-bond acceptors (Lipinski definition) is 2. The van der Waals surface area contributed by atoms with Crippen molar-refractivity contribution in [3.8, 4) is 0 Å². The fraction of sp³-hybridized carbons (Fsp3) is 0.571. The van der Waals surface area contributed by atoms with Crippen LogP contribution in [0, 0.1) is 0 Å². The lowest BCUT2D eigenvalue weighted by molar-refractivity contribution is 0.103. The van der Waals surface area contributed by atoms with E-state index in [-0.39, 0.29) is 17.7 Å². The van der Waals surface area contributed by atoms with Crippen LogP contribution in [0.2, 0.25) is 23.2 Å². The van der Waals surface area contributed by atoms with E-state index in [0.29, 0.717) is 5.02 Å². The lowest BCUT2D eigenvalue weighted by atomic mass is 10.1. The molecule has 0 aliphatic carbocycles. The number of halogens is 1. The zero-order chi connectivity index (χ0) is 14.0. The third-order valence-electron chi connectivity index (χ3n) is 3.66. The average molecular weight is 287 g/mol. The predicted octanol–water partition coefficient (Wildman–Crippen LogP) is 4.40. The largest absolute Gasteiger partial charge is 0.408 e. The molecule has 2 nitrogen and oxygen atoms in total. The van der Waals surface area contributed by atoms with Crippen molar-refractivity contribution in [2.24, 2.45) is 0 Å². The molecule has 0 aliphatic rings. The summed E-state index contributed by atoms with van der Waals surface area (Å²) >= 11 is 6.17. The monoisotopic (exact) mass is 286 g/mol. The van der Waals surface area contributed by atoms with Crippen molar-refractivity contribution in [1.29, 1.82) is 0 Å². The molecule has 0 unspecified atom stereocenters. The summed E-state index contributed by atoms with van der Waals surface area (Å²) in [6, 6.07) is 7.54. The Morgan fingerprint density at radius 1 is 1.28 bits per heavy atom. The lowest BCUT2D eigenvalue weighted by Gasteiger charge is -2.39. The van der Waals surface area contributed by atoms with Gasteiger partial charge >= 0.3 is 0 Å². The fourth-order valence-electron chi connectivity index (χ4n) is 1.47. The van der Waals surface area contributed by atoms with Gasteiger partial charge in [0.15, 0.2) is 8.32 Å². The van der Waals surface area contributed by atoms with Gasteiger partial charge in [-0.15, -0.1) is 0 Å². The Morgan fingerprint density at radius 2 is 1.83 bits per heavy atom. The third kappa shape index (κ3) is 3.57. The number of aliphatic hydroxyl groups excluding tert-OH is 1. The quantitative estimate of drug-likeness (QED) is 0.832. The van der Waals surface area contributed by atoms with Gasteiger partial charge in [-0.2, -0.15) is 0 Å². The summed E-state index contributed by atoms with van der Waals surface area (Å²) in [6.07, 6.45) is -0.334. The van der Waals surface area contributed by atoms with Crippen LogP contribution in [0.1, 0.15) is 32.4 Å². The Labute approximate surface area is 116 Å². The molecule has 102 valence electrons. The van der Waals surface area contributed by atoms with Crippen LogP contribution in [-0.2, 0) is 4.43 Å². The first-order valence-corrected chi connectivity index (χ1v) is 9.51. The third-order valence-corrected chi connectivity index (χ3v) is 8.49. The number of benzene rings is 1. The maximum absolute atomic E-state index is 9.57. The van der Waals surface area contributed by atoms with E-state index in [9.17, 15) is 5.11 Å². The van der Waals surface area contributed by atoms with Crippen LogP contribution in [0.4, 0.5) is 0 Å². The van der Waals surface area contributed by atoms with E-state index in [2.05, 4.69) is 33.9 Å². The van der Waals surface area contributed by atoms with Crippen LogP contribution < -0.4 is 0 Å².